The molecule has 2 aromatic heterocycles. The summed E-state index contributed by atoms with van der Waals surface area (Å²) in [5.74, 6) is 0.329. The van der Waals surface area contributed by atoms with Crippen molar-refractivity contribution in [3.8, 4) is 17.0 Å². The summed E-state index contributed by atoms with van der Waals surface area (Å²) < 4.78 is 5.95. The molecule has 10 heteroatoms. The fraction of sp³-hybridized carbons (Fsp3) is 0.296. The van der Waals surface area contributed by atoms with Crippen LogP contribution in [0.15, 0.2) is 72.9 Å². The van der Waals surface area contributed by atoms with Gasteiger partial charge in [-0.1, -0.05) is 53.6 Å². The minimum absolute atomic E-state index is 0.124. The summed E-state index contributed by atoms with van der Waals surface area (Å²) in [6.45, 7) is 6.45. The number of pyridine rings is 1. The number of nitrogens with zero attached hydrogens (tertiary/aromatic N) is 6. The van der Waals surface area contributed by atoms with E-state index in [4.69, 9.17) is 4.74 Å². The molecule has 2 N–H and O–H groups in total. The fourth-order valence-corrected chi connectivity index (χ4v) is 4.47. The van der Waals surface area contributed by atoms with Crippen LogP contribution in [0.4, 0.5) is 5.95 Å². The molecule has 4 aromatic rings. The maximum absolute atomic E-state index is 12.5. The first kappa shape index (κ1) is 24.5. The summed E-state index contributed by atoms with van der Waals surface area (Å²) in [6.07, 6.45) is 2.74. The predicted molar refractivity (Wildman–Crippen MR) is 140 cm³/mol. The van der Waals surface area contributed by atoms with Gasteiger partial charge in [0.25, 0.3) is 11.9 Å². The summed E-state index contributed by atoms with van der Waals surface area (Å²) in [5, 5.41) is 15.9. The second kappa shape index (κ2) is 12.2. The van der Waals surface area contributed by atoms with Crippen LogP contribution in [0.1, 0.15) is 22.3 Å². The Morgan fingerprint density at radius 1 is 0.946 bits per heavy atom. The topological polar surface area (TPSA) is 112 Å². The molecule has 0 saturated carbocycles. The molecule has 0 atom stereocenters. The molecule has 0 bridgehead atoms. The molecule has 0 radical (unpaired) electrons. The summed E-state index contributed by atoms with van der Waals surface area (Å²) in [5.41, 5.74) is 3.92. The van der Waals surface area contributed by atoms with Gasteiger partial charge in [0.05, 0.1) is 17.9 Å². The normalized spacial score (nSPS) is 14.4. The lowest BCUT2D eigenvalue weighted by atomic mass is 10.1. The molecular formula is C27H30N8O2. The molecule has 190 valence electrons. The van der Waals surface area contributed by atoms with E-state index in [1.807, 2.05) is 24.4 Å². The molecule has 5 rings (SSSR count). The van der Waals surface area contributed by atoms with Gasteiger partial charge in [-0.05, 0) is 35.4 Å². The lowest BCUT2D eigenvalue weighted by molar-refractivity contribution is 0.102. The smallest absolute Gasteiger partial charge is 0.270 e. The van der Waals surface area contributed by atoms with E-state index in [0.29, 0.717) is 17.9 Å². The third-order valence-corrected chi connectivity index (χ3v) is 6.38. The molecule has 1 fully saturated rings. The number of anilines is 1. The van der Waals surface area contributed by atoms with Crippen molar-refractivity contribution in [2.45, 2.75) is 13.0 Å². The van der Waals surface area contributed by atoms with Crippen molar-refractivity contribution < 1.29 is 9.53 Å². The third kappa shape index (κ3) is 6.54. The number of carbonyl (C=O) groups is 1. The Kier molecular flexibility index (Phi) is 8.09. The van der Waals surface area contributed by atoms with Crippen LogP contribution in [-0.2, 0) is 6.54 Å². The van der Waals surface area contributed by atoms with E-state index in [9.17, 15) is 4.79 Å². The monoisotopic (exact) mass is 498 g/mol. The minimum Gasteiger partial charge on any atom is -0.493 e. The average Bonchev–Trinajstić information content (AvgIpc) is 3.46. The number of hydrogen-bond donors (Lipinski definition) is 2. The Morgan fingerprint density at radius 3 is 2.54 bits per heavy atom. The Morgan fingerprint density at radius 2 is 1.73 bits per heavy atom. The third-order valence-electron chi connectivity index (χ3n) is 6.38. The lowest BCUT2D eigenvalue weighted by Crippen LogP contribution is -2.46. The largest absolute Gasteiger partial charge is 0.493 e. The zero-order valence-corrected chi connectivity index (χ0v) is 20.6. The standard InChI is InChI=1S/C27H30N8O2/c36-26(29-27-30-32-33-31-27)23-11-4-5-12-24(23)37-19-7-14-34-15-17-35(18-16-34)20-22-10-6-13-28-25(22)21-8-2-1-3-9-21/h1-6,8-13H,7,14-20H2,(H2,29,30,31,32,33,36). The predicted octanol–water partition coefficient (Wildman–Crippen LogP) is 3.10. The number of aromatic nitrogens is 5. The van der Waals surface area contributed by atoms with Crippen molar-refractivity contribution in [3.05, 3.63) is 84.1 Å². The van der Waals surface area contributed by atoms with E-state index in [1.54, 1.807) is 18.2 Å². The number of H-pyrrole nitrogens is 1. The fourth-order valence-electron chi connectivity index (χ4n) is 4.47. The molecule has 0 spiro atoms. The van der Waals surface area contributed by atoms with Crippen LogP contribution < -0.4 is 10.1 Å². The van der Waals surface area contributed by atoms with Crippen LogP contribution in [0, 0.1) is 0 Å². The van der Waals surface area contributed by atoms with Gasteiger partial charge in [0.2, 0.25) is 0 Å². The van der Waals surface area contributed by atoms with Crippen LogP contribution in [-0.4, -0.2) is 80.6 Å². The maximum Gasteiger partial charge on any atom is 0.270 e. The number of ether oxygens (including phenoxy) is 1. The van der Waals surface area contributed by atoms with Gasteiger partial charge >= 0.3 is 0 Å². The van der Waals surface area contributed by atoms with Crippen LogP contribution in [0.2, 0.25) is 0 Å². The van der Waals surface area contributed by atoms with Crippen molar-refractivity contribution >= 4 is 11.9 Å². The molecule has 1 aliphatic heterocycles. The Labute approximate surface area is 215 Å². The van der Waals surface area contributed by atoms with Gasteiger partial charge in [0, 0.05) is 51.0 Å². The van der Waals surface area contributed by atoms with Crippen molar-refractivity contribution in [2.75, 3.05) is 44.6 Å². The quantitative estimate of drug-likeness (QED) is 0.321. The Hall–Kier alpha value is -4.15. The average molecular weight is 499 g/mol. The van der Waals surface area contributed by atoms with Crippen molar-refractivity contribution in [1.82, 2.24) is 35.4 Å². The Bertz CT molecular complexity index is 1270. The highest BCUT2D eigenvalue weighted by molar-refractivity contribution is 6.05. The van der Waals surface area contributed by atoms with Gasteiger partial charge < -0.3 is 9.64 Å². The van der Waals surface area contributed by atoms with E-state index in [2.05, 4.69) is 71.1 Å². The number of para-hydroxylation sites is 1. The van der Waals surface area contributed by atoms with Crippen molar-refractivity contribution in [1.29, 1.82) is 0 Å². The van der Waals surface area contributed by atoms with Crippen LogP contribution >= 0.6 is 0 Å². The second-order valence-electron chi connectivity index (χ2n) is 8.88. The van der Waals surface area contributed by atoms with Crippen LogP contribution in [0.25, 0.3) is 11.3 Å². The molecular weight excluding hydrogens is 468 g/mol. The molecule has 3 heterocycles. The van der Waals surface area contributed by atoms with Gasteiger partial charge in [0.15, 0.2) is 0 Å². The number of benzene rings is 2. The summed E-state index contributed by atoms with van der Waals surface area (Å²) in [4.78, 5) is 22.2. The maximum atomic E-state index is 12.5. The van der Waals surface area contributed by atoms with Crippen molar-refractivity contribution in [3.63, 3.8) is 0 Å². The highest BCUT2D eigenvalue weighted by Gasteiger charge is 2.19. The number of hydrogen-bond acceptors (Lipinski definition) is 8. The number of aromatic amines is 1. The summed E-state index contributed by atoms with van der Waals surface area (Å²) >= 11 is 0. The van der Waals surface area contributed by atoms with Crippen LogP contribution in [0.3, 0.4) is 0 Å². The zero-order valence-electron chi connectivity index (χ0n) is 20.6. The van der Waals surface area contributed by atoms with E-state index in [0.717, 1.165) is 56.9 Å². The number of carbonyl (C=O) groups excluding carboxylic acids is 1. The van der Waals surface area contributed by atoms with E-state index in [-0.39, 0.29) is 11.9 Å². The van der Waals surface area contributed by atoms with Gasteiger partial charge in [-0.25, -0.2) is 0 Å². The zero-order chi connectivity index (χ0) is 25.3. The number of tetrazole rings is 1. The SMILES string of the molecule is O=C(Nc1nn[nH]n1)c1ccccc1OCCCN1CCN(Cc2cccnc2-c2ccccc2)CC1. The molecule has 1 saturated heterocycles. The number of amides is 1. The minimum atomic E-state index is -0.336. The van der Waals surface area contributed by atoms with E-state index >= 15 is 0 Å². The van der Waals surface area contributed by atoms with E-state index in [1.165, 1.54) is 5.56 Å². The molecule has 37 heavy (non-hydrogen) atoms. The first-order valence-electron chi connectivity index (χ1n) is 12.5. The van der Waals surface area contributed by atoms with Gasteiger partial charge in [-0.3, -0.25) is 20.0 Å². The van der Waals surface area contributed by atoms with Crippen LogP contribution in [0.5, 0.6) is 5.75 Å². The Balaban J connectivity index is 1.06. The molecule has 2 aromatic carbocycles. The summed E-state index contributed by atoms with van der Waals surface area (Å²) in [6, 6.07) is 21.7. The first-order chi connectivity index (χ1) is 18.3. The molecule has 1 amide bonds. The van der Waals surface area contributed by atoms with Crippen molar-refractivity contribution in [2.24, 2.45) is 0 Å². The molecule has 10 nitrogen and oxygen atoms in total. The molecule has 0 unspecified atom stereocenters. The highest BCUT2D eigenvalue weighted by Crippen LogP contribution is 2.23. The molecule has 0 aliphatic carbocycles. The first-order valence-corrected chi connectivity index (χ1v) is 12.5. The second-order valence-corrected chi connectivity index (χ2v) is 8.88. The highest BCUT2D eigenvalue weighted by atomic mass is 16.5. The van der Waals surface area contributed by atoms with E-state index < -0.39 is 0 Å². The number of piperazine rings is 1. The summed E-state index contributed by atoms with van der Waals surface area (Å²) in [7, 11) is 0. The van der Waals surface area contributed by atoms with Gasteiger partial charge in [-0.2, -0.15) is 5.21 Å². The lowest BCUT2D eigenvalue weighted by Gasteiger charge is -2.35. The number of rotatable bonds is 10. The van der Waals surface area contributed by atoms with Gasteiger partial charge in [-0.15, -0.1) is 5.10 Å². The molecule has 1 aliphatic rings. The van der Waals surface area contributed by atoms with Gasteiger partial charge in [0.1, 0.15) is 5.75 Å². The number of nitrogens with one attached hydrogen (secondary N) is 2.